The lowest BCUT2D eigenvalue weighted by Crippen LogP contribution is -2.52. The first-order valence-electron chi connectivity index (χ1n) is 6.91. The van der Waals surface area contributed by atoms with Gasteiger partial charge < -0.3 is 9.84 Å². The van der Waals surface area contributed by atoms with Gasteiger partial charge in [0.2, 0.25) is 10.0 Å². The van der Waals surface area contributed by atoms with E-state index in [9.17, 15) is 13.5 Å². The number of benzene rings is 1. The van der Waals surface area contributed by atoms with Gasteiger partial charge in [0.05, 0.1) is 19.3 Å². The SMILES string of the molecule is COc1ccc(Br)cc1S(=O)(=O)NC1(CO)CCCCC1. The van der Waals surface area contributed by atoms with Gasteiger partial charge in [-0.15, -0.1) is 0 Å². The van der Waals surface area contributed by atoms with Crippen LogP contribution in [0.25, 0.3) is 0 Å². The van der Waals surface area contributed by atoms with Crippen LogP contribution >= 0.6 is 15.9 Å². The highest BCUT2D eigenvalue weighted by Crippen LogP contribution is 2.32. The fraction of sp³-hybridized carbons (Fsp3) is 0.571. The van der Waals surface area contributed by atoms with Gasteiger partial charge in [0, 0.05) is 4.47 Å². The van der Waals surface area contributed by atoms with Crippen molar-refractivity contribution >= 4 is 26.0 Å². The molecule has 1 saturated carbocycles. The second-order valence-corrected chi connectivity index (χ2v) is 7.97. The second-order valence-electron chi connectivity index (χ2n) is 5.40. The Hall–Kier alpha value is -0.630. The molecule has 1 aromatic carbocycles. The number of methoxy groups -OCH3 is 1. The largest absolute Gasteiger partial charge is 0.495 e. The van der Waals surface area contributed by atoms with E-state index in [0.29, 0.717) is 17.3 Å². The van der Waals surface area contributed by atoms with Crippen molar-refractivity contribution in [3.8, 4) is 5.75 Å². The van der Waals surface area contributed by atoms with Gasteiger partial charge in [0.25, 0.3) is 0 Å². The van der Waals surface area contributed by atoms with Gasteiger partial charge in [-0.25, -0.2) is 13.1 Å². The third kappa shape index (κ3) is 3.77. The molecule has 0 amide bonds. The fourth-order valence-corrected chi connectivity index (χ4v) is 4.88. The molecule has 0 spiro atoms. The average molecular weight is 378 g/mol. The van der Waals surface area contributed by atoms with Gasteiger partial charge in [-0.1, -0.05) is 35.2 Å². The maximum absolute atomic E-state index is 12.7. The zero-order valence-electron chi connectivity index (χ0n) is 11.9. The predicted molar refractivity (Wildman–Crippen MR) is 83.9 cm³/mol. The summed E-state index contributed by atoms with van der Waals surface area (Å²) in [5.41, 5.74) is -0.760. The Kier molecular flexibility index (Phi) is 5.29. The minimum absolute atomic E-state index is 0.0813. The van der Waals surface area contributed by atoms with Crippen molar-refractivity contribution < 1.29 is 18.3 Å². The number of hydrogen-bond donors (Lipinski definition) is 2. The molecule has 0 unspecified atom stereocenters. The smallest absolute Gasteiger partial charge is 0.244 e. The van der Waals surface area contributed by atoms with Crippen molar-refractivity contribution in [3.63, 3.8) is 0 Å². The van der Waals surface area contributed by atoms with E-state index in [2.05, 4.69) is 20.7 Å². The number of rotatable bonds is 5. The summed E-state index contributed by atoms with van der Waals surface area (Å²) in [6.45, 7) is -0.192. The Morgan fingerprint density at radius 3 is 2.57 bits per heavy atom. The molecule has 0 atom stereocenters. The molecule has 0 saturated heterocycles. The summed E-state index contributed by atoms with van der Waals surface area (Å²) in [4.78, 5) is 0.0813. The standard InChI is InChI=1S/C14H20BrNO4S/c1-20-12-6-5-11(15)9-13(12)21(18,19)16-14(10-17)7-3-2-4-8-14/h5-6,9,16-17H,2-4,7-8,10H2,1H3. The Labute approximate surface area is 133 Å². The van der Waals surface area contributed by atoms with Crippen LogP contribution in [-0.4, -0.2) is 32.8 Å². The lowest BCUT2D eigenvalue weighted by atomic mass is 9.83. The first-order chi connectivity index (χ1) is 9.92. The number of ether oxygens (including phenoxy) is 1. The summed E-state index contributed by atoms with van der Waals surface area (Å²) in [5.74, 6) is 0.287. The Bertz CT molecular complexity index is 597. The predicted octanol–water partition coefficient (Wildman–Crippen LogP) is 2.43. The number of aliphatic hydroxyl groups excluding tert-OH is 1. The molecule has 0 heterocycles. The summed E-state index contributed by atoms with van der Waals surface area (Å²) in [5, 5.41) is 9.67. The van der Waals surface area contributed by atoms with Crippen LogP contribution < -0.4 is 9.46 Å². The monoisotopic (exact) mass is 377 g/mol. The second kappa shape index (κ2) is 6.64. The summed E-state index contributed by atoms with van der Waals surface area (Å²) >= 11 is 3.28. The summed E-state index contributed by atoms with van der Waals surface area (Å²) < 4.78 is 33.8. The molecule has 1 aromatic rings. The van der Waals surface area contributed by atoms with E-state index in [0.717, 1.165) is 19.3 Å². The minimum atomic E-state index is -3.76. The molecule has 21 heavy (non-hydrogen) atoms. The number of nitrogens with one attached hydrogen (secondary N) is 1. The summed E-state index contributed by atoms with van der Waals surface area (Å²) in [6, 6.07) is 4.83. The molecule has 0 radical (unpaired) electrons. The van der Waals surface area contributed by atoms with E-state index in [4.69, 9.17) is 4.74 Å². The molecular formula is C14H20BrNO4S. The van der Waals surface area contributed by atoms with Crippen molar-refractivity contribution in [2.45, 2.75) is 42.5 Å². The van der Waals surface area contributed by atoms with Crippen molar-refractivity contribution in [1.82, 2.24) is 4.72 Å². The molecule has 0 aromatic heterocycles. The minimum Gasteiger partial charge on any atom is -0.495 e. The van der Waals surface area contributed by atoms with Crippen LogP contribution in [0.5, 0.6) is 5.75 Å². The van der Waals surface area contributed by atoms with Gasteiger partial charge >= 0.3 is 0 Å². The molecule has 2 rings (SSSR count). The van der Waals surface area contributed by atoms with Gasteiger partial charge in [-0.3, -0.25) is 0 Å². The molecule has 118 valence electrons. The first-order valence-corrected chi connectivity index (χ1v) is 9.18. The Balaban J connectivity index is 2.35. The van der Waals surface area contributed by atoms with Crippen molar-refractivity contribution in [3.05, 3.63) is 22.7 Å². The number of halogens is 1. The van der Waals surface area contributed by atoms with Crippen LogP contribution in [0.4, 0.5) is 0 Å². The Morgan fingerprint density at radius 1 is 1.33 bits per heavy atom. The molecule has 0 aliphatic heterocycles. The molecule has 7 heteroatoms. The van der Waals surface area contributed by atoms with Crippen LogP contribution in [-0.2, 0) is 10.0 Å². The Morgan fingerprint density at radius 2 is 2.00 bits per heavy atom. The number of hydrogen-bond acceptors (Lipinski definition) is 4. The van der Waals surface area contributed by atoms with Crippen molar-refractivity contribution in [2.75, 3.05) is 13.7 Å². The van der Waals surface area contributed by atoms with Crippen molar-refractivity contribution in [1.29, 1.82) is 0 Å². The first kappa shape index (κ1) is 16.7. The highest BCUT2D eigenvalue weighted by molar-refractivity contribution is 9.10. The highest BCUT2D eigenvalue weighted by atomic mass is 79.9. The molecule has 1 aliphatic rings. The number of sulfonamides is 1. The van der Waals surface area contributed by atoms with E-state index in [1.807, 2.05) is 0 Å². The lowest BCUT2D eigenvalue weighted by Gasteiger charge is -2.36. The molecule has 5 nitrogen and oxygen atoms in total. The van der Waals surface area contributed by atoms with Gasteiger partial charge in [-0.2, -0.15) is 0 Å². The van der Waals surface area contributed by atoms with E-state index in [1.54, 1.807) is 12.1 Å². The van der Waals surface area contributed by atoms with Crippen LogP contribution in [0.1, 0.15) is 32.1 Å². The van der Waals surface area contributed by atoms with E-state index in [1.165, 1.54) is 13.2 Å². The zero-order valence-corrected chi connectivity index (χ0v) is 14.3. The molecule has 2 N–H and O–H groups in total. The maximum Gasteiger partial charge on any atom is 0.244 e. The molecule has 1 fully saturated rings. The van der Waals surface area contributed by atoms with Crippen LogP contribution in [0.3, 0.4) is 0 Å². The topological polar surface area (TPSA) is 75.6 Å². The molecule has 1 aliphatic carbocycles. The lowest BCUT2D eigenvalue weighted by molar-refractivity contribution is 0.142. The average Bonchev–Trinajstić information content (AvgIpc) is 2.47. The molecular weight excluding hydrogens is 358 g/mol. The maximum atomic E-state index is 12.7. The zero-order chi connectivity index (χ0) is 15.5. The van der Waals surface area contributed by atoms with E-state index >= 15 is 0 Å². The van der Waals surface area contributed by atoms with Gasteiger partial charge in [0.15, 0.2) is 0 Å². The number of aliphatic hydroxyl groups is 1. The van der Waals surface area contributed by atoms with Crippen molar-refractivity contribution in [2.24, 2.45) is 0 Å². The van der Waals surface area contributed by atoms with Crippen LogP contribution in [0.2, 0.25) is 0 Å². The quantitative estimate of drug-likeness (QED) is 0.825. The third-order valence-electron chi connectivity index (χ3n) is 3.88. The summed E-state index contributed by atoms with van der Waals surface area (Å²) in [6.07, 6.45) is 4.21. The summed E-state index contributed by atoms with van der Waals surface area (Å²) in [7, 11) is -2.33. The van der Waals surface area contributed by atoms with Crippen LogP contribution in [0.15, 0.2) is 27.6 Å². The van der Waals surface area contributed by atoms with Gasteiger partial charge in [0.1, 0.15) is 10.6 Å². The third-order valence-corrected chi connectivity index (χ3v) is 5.97. The fourth-order valence-electron chi connectivity index (χ4n) is 2.72. The van der Waals surface area contributed by atoms with Gasteiger partial charge in [-0.05, 0) is 31.0 Å². The highest BCUT2D eigenvalue weighted by Gasteiger charge is 2.36. The van der Waals surface area contributed by atoms with E-state index < -0.39 is 15.6 Å². The normalized spacial score (nSPS) is 18.4. The van der Waals surface area contributed by atoms with E-state index in [-0.39, 0.29) is 17.3 Å². The van der Waals surface area contributed by atoms with Crippen LogP contribution in [0, 0.1) is 0 Å². The molecule has 0 bridgehead atoms.